The molecule has 1 aliphatic carbocycles. The number of nitrogens with zero attached hydrogens (tertiary/aromatic N) is 4. The van der Waals surface area contributed by atoms with Gasteiger partial charge in [0.15, 0.2) is 0 Å². The highest BCUT2D eigenvalue weighted by Gasteiger charge is 2.32. The van der Waals surface area contributed by atoms with E-state index in [9.17, 15) is 9.59 Å². The highest BCUT2D eigenvalue weighted by molar-refractivity contribution is 6.15. The van der Waals surface area contributed by atoms with Crippen molar-refractivity contribution in [2.45, 2.75) is 38.4 Å². The summed E-state index contributed by atoms with van der Waals surface area (Å²) < 4.78 is 1.58. The summed E-state index contributed by atoms with van der Waals surface area (Å²) in [5, 5.41) is 19.6. The molecule has 0 radical (unpaired) electrons. The van der Waals surface area contributed by atoms with Crippen LogP contribution in [0.2, 0.25) is 0 Å². The summed E-state index contributed by atoms with van der Waals surface area (Å²) in [6, 6.07) is 17.3. The third-order valence-corrected chi connectivity index (χ3v) is 6.26. The van der Waals surface area contributed by atoms with Gasteiger partial charge in [-0.15, -0.1) is 0 Å². The Morgan fingerprint density at radius 3 is 2.70 bits per heavy atom. The highest BCUT2D eigenvalue weighted by Crippen LogP contribution is 2.25. The van der Waals surface area contributed by atoms with Crippen LogP contribution in [0.5, 0.6) is 0 Å². The number of nitrogens with one attached hydrogen (secondary N) is 2. The van der Waals surface area contributed by atoms with Gasteiger partial charge in [0.25, 0.3) is 11.8 Å². The molecule has 5 rings (SSSR count). The van der Waals surface area contributed by atoms with Crippen molar-refractivity contribution in [2.75, 3.05) is 16.8 Å². The average molecular weight is 441 g/mol. The molecule has 2 heterocycles. The van der Waals surface area contributed by atoms with Crippen LogP contribution in [0.1, 0.15) is 51.2 Å². The minimum atomic E-state index is -0.432. The molecule has 1 fully saturated rings. The summed E-state index contributed by atoms with van der Waals surface area (Å²) in [5.74, 6) is -0.686. The smallest absolute Gasteiger partial charge is 0.277 e. The number of hydrogen-bond acceptors (Lipinski definition) is 5. The zero-order chi connectivity index (χ0) is 22.8. The molecular formula is C25H24N6O2. The average Bonchev–Trinajstić information content (AvgIpc) is 3.24. The molecule has 8 nitrogen and oxygen atoms in total. The third kappa shape index (κ3) is 4.23. The first-order valence-corrected chi connectivity index (χ1v) is 11.1. The van der Waals surface area contributed by atoms with Crippen molar-refractivity contribution in [1.82, 2.24) is 15.1 Å². The van der Waals surface area contributed by atoms with E-state index in [1.807, 2.05) is 30.3 Å². The molecule has 33 heavy (non-hydrogen) atoms. The standard InChI is InChI=1S/C25H24N6O2/c26-14-18-3-1-6-20(13-18)29-24(32)22-16-28-31-12-11-30(25(33)23(22)31)21-9-7-17(8-10-21)15-27-19-4-2-5-19/h1,3,6-10,13,16,19,27H,2,4-5,11-12,15H2,(H,29,32). The summed E-state index contributed by atoms with van der Waals surface area (Å²) in [6.07, 6.45) is 5.22. The first kappa shape index (κ1) is 20.9. The van der Waals surface area contributed by atoms with Gasteiger partial charge in [0.2, 0.25) is 0 Å². The van der Waals surface area contributed by atoms with Crippen LogP contribution < -0.4 is 15.5 Å². The third-order valence-electron chi connectivity index (χ3n) is 6.26. The van der Waals surface area contributed by atoms with Gasteiger partial charge in [0.05, 0.1) is 29.9 Å². The quantitative estimate of drug-likeness (QED) is 0.612. The van der Waals surface area contributed by atoms with E-state index in [0.29, 0.717) is 30.4 Å². The summed E-state index contributed by atoms with van der Waals surface area (Å²) in [5.41, 5.74) is 3.40. The highest BCUT2D eigenvalue weighted by atomic mass is 16.2. The molecule has 2 amide bonds. The van der Waals surface area contributed by atoms with Gasteiger partial charge in [0.1, 0.15) is 5.69 Å². The number of aromatic nitrogens is 2. The monoisotopic (exact) mass is 440 g/mol. The van der Waals surface area contributed by atoms with E-state index in [4.69, 9.17) is 5.26 Å². The molecule has 2 N–H and O–H groups in total. The molecule has 8 heteroatoms. The topological polar surface area (TPSA) is 103 Å². The molecular weight excluding hydrogens is 416 g/mol. The molecule has 0 saturated heterocycles. The molecule has 2 aliphatic rings. The Morgan fingerprint density at radius 1 is 1.15 bits per heavy atom. The van der Waals surface area contributed by atoms with Crippen LogP contribution in [0, 0.1) is 11.3 Å². The van der Waals surface area contributed by atoms with Crippen LogP contribution in [0.15, 0.2) is 54.7 Å². The maximum Gasteiger partial charge on any atom is 0.277 e. The van der Waals surface area contributed by atoms with Crippen molar-refractivity contribution in [1.29, 1.82) is 5.26 Å². The van der Waals surface area contributed by atoms with Gasteiger partial charge in [-0.1, -0.05) is 24.6 Å². The predicted molar refractivity (Wildman–Crippen MR) is 124 cm³/mol. The molecule has 3 aromatic rings. The number of anilines is 2. The number of nitriles is 1. The van der Waals surface area contributed by atoms with Crippen molar-refractivity contribution in [2.24, 2.45) is 0 Å². The van der Waals surface area contributed by atoms with E-state index >= 15 is 0 Å². The van der Waals surface area contributed by atoms with Gasteiger partial charge in [-0.05, 0) is 48.7 Å². The molecule has 2 aromatic carbocycles. The number of hydrogen-bond donors (Lipinski definition) is 2. The van der Waals surface area contributed by atoms with Crippen LogP contribution >= 0.6 is 0 Å². The van der Waals surface area contributed by atoms with Gasteiger partial charge >= 0.3 is 0 Å². The lowest BCUT2D eigenvalue weighted by Crippen LogP contribution is -2.41. The summed E-state index contributed by atoms with van der Waals surface area (Å²) in [6.45, 7) is 1.81. The van der Waals surface area contributed by atoms with Crippen LogP contribution in [0.4, 0.5) is 11.4 Å². The van der Waals surface area contributed by atoms with E-state index in [1.54, 1.807) is 33.8 Å². The van der Waals surface area contributed by atoms with Crippen molar-refractivity contribution >= 4 is 23.2 Å². The Balaban J connectivity index is 1.32. The first-order valence-electron chi connectivity index (χ1n) is 11.1. The van der Waals surface area contributed by atoms with Crippen LogP contribution in [0.3, 0.4) is 0 Å². The normalized spacial score (nSPS) is 15.5. The van der Waals surface area contributed by atoms with Crippen molar-refractivity contribution in [3.05, 3.63) is 77.1 Å². The maximum absolute atomic E-state index is 13.3. The second-order valence-electron chi connectivity index (χ2n) is 8.41. The van der Waals surface area contributed by atoms with E-state index in [2.05, 4.69) is 15.7 Å². The Kier molecular flexibility index (Phi) is 5.63. The number of fused-ring (bicyclic) bond motifs is 1. The molecule has 0 atom stereocenters. The lowest BCUT2D eigenvalue weighted by Gasteiger charge is -2.28. The van der Waals surface area contributed by atoms with Crippen molar-refractivity contribution < 1.29 is 9.59 Å². The van der Waals surface area contributed by atoms with Crippen LogP contribution in [0.25, 0.3) is 0 Å². The number of benzene rings is 2. The van der Waals surface area contributed by atoms with Crippen molar-refractivity contribution in [3.63, 3.8) is 0 Å². The number of carbonyl (C=O) groups is 2. The van der Waals surface area contributed by atoms with Gasteiger partial charge in [0, 0.05) is 30.5 Å². The molecule has 166 valence electrons. The van der Waals surface area contributed by atoms with Crippen LogP contribution in [-0.4, -0.2) is 34.2 Å². The molecule has 0 spiro atoms. The fourth-order valence-corrected chi connectivity index (χ4v) is 4.15. The number of carbonyl (C=O) groups excluding carboxylic acids is 2. The fraction of sp³-hybridized carbons (Fsp3) is 0.280. The van der Waals surface area contributed by atoms with E-state index in [-0.39, 0.29) is 17.2 Å². The summed E-state index contributed by atoms with van der Waals surface area (Å²) in [7, 11) is 0. The second-order valence-corrected chi connectivity index (χ2v) is 8.41. The number of amides is 2. The zero-order valence-corrected chi connectivity index (χ0v) is 18.1. The van der Waals surface area contributed by atoms with Gasteiger partial charge < -0.3 is 15.5 Å². The Morgan fingerprint density at radius 2 is 1.97 bits per heavy atom. The van der Waals surface area contributed by atoms with Gasteiger partial charge in [-0.2, -0.15) is 10.4 Å². The Bertz CT molecular complexity index is 1240. The maximum atomic E-state index is 13.3. The Hall–Kier alpha value is -3.96. The molecule has 1 saturated carbocycles. The largest absolute Gasteiger partial charge is 0.322 e. The summed E-state index contributed by atoms with van der Waals surface area (Å²) >= 11 is 0. The molecule has 0 bridgehead atoms. The minimum Gasteiger partial charge on any atom is -0.322 e. The fourth-order valence-electron chi connectivity index (χ4n) is 4.15. The first-order chi connectivity index (χ1) is 16.1. The van der Waals surface area contributed by atoms with E-state index in [1.165, 1.54) is 31.0 Å². The summed E-state index contributed by atoms with van der Waals surface area (Å²) in [4.78, 5) is 27.9. The van der Waals surface area contributed by atoms with Crippen LogP contribution in [-0.2, 0) is 13.1 Å². The zero-order valence-electron chi connectivity index (χ0n) is 18.1. The number of rotatable bonds is 6. The minimum absolute atomic E-state index is 0.216. The Labute approximate surface area is 191 Å². The predicted octanol–water partition coefficient (Wildman–Crippen LogP) is 3.31. The second kappa shape index (κ2) is 8.88. The SMILES string of the molecule is N#Cc1cccc(NC(=O)c2cnn3c2C(=O)N(c2ccc(CNC4CCC4)cc2)CC3)c1. The van der Waals surface area contributed by atoms with Gasteiger partial charge in [-0.3, -0.25) is 14.3 Å². The molecule has 1 aliphatic heterocycles. The van der Waals surface area contributed by atoms with Gasteiger partial charge in [-0.25, -0.2) is 0 Å². The van der Waals surface area contributed by atoms with E-state index < -0.39 is 5.91 Å². The lowest BCUT2D eigenvalue weighted by molar-refractivity contribution is 0.0947. The van der Waals surface area contributed by atoms with E-state index in [0.717, 1.165) is 12.2 Å². The molecule has 0 unspecified atom stereocenters. The van der Waals surface area contributed by atoms with Crippen molar-refractivity contribution in [3.8, 4) is 6.07 Å². The lowest BCUT2D eigenvalue weighted by atomic mass is 9.93. The molecule has 1 aromatic heterocycles.